The number of aromatic nitrogens is 2. The van der Waals surface area contributed by atoms with Gasteiger partial charge in [-0.05, 0) is 25.0 Å². The molecule has 1 aliphatic carbocycles. The summed E-state index contributed by atoms with van der Waals surface area (Å²) in [6, 6.07) is 3.43. The number of halogens is 1. The van der Waals surface area contributed by atoms with E-state index in [1.807, 2.05) is 0 Å². The Morgan fingerprint density at radius 1 is 1.46 bits per heavy atom. The highest BCUT2D eigenvalue weighted by atomic mass is 35.5. The second-order valence-corrected chi connectivity index (χ2v) is 3.69. The Morgan fingerprint density at radius 3 is 2.69 bits per heavy atom. The first-order valence-electron chi connectivity index (χ1n) is 4.12. The van der Waals surface area contributed by atoms with E-state index in [9.17, 15) is 0 Å². The van der Waals surface area contributed by atoms with Crippen LogP contribution in [-0.2, 0) is 0 Å². The predicted molar refractivity (Wildman–Crippen MR) is 49.7 cm³/mol. The van der Waals surface area contributed by atoms with Crippen molar-refractivity contribution < 1.29 is 5.11 Å². The quantitative estimate of drug-likeness (QED) is 0.765. The molecule has 13 heavy (non-hydrogen) atoms. The molecule has 1 heterocycles. The molecule has 0 bridgehead atoms. The van der Waals surface area contributed by atoms with Crippen LogP contribution >= 0.6 is 11.6 Å². The van der Waals surface area contributed by atoms with E-state index in [4.69, 9.17) is 16.7 Å². The minimum atomic E-state index is -0.150. The molecule has 0 unspecified atom stereocenters. The molecule has 0 aromatic carbocycles. The number of hydrogen-bond donors (Lipinski definition) is 2. The third-order valence-electron chi connectivity index (χ3n) is 2.18. The molecule has 1 aliphatic rings. The number of nitrogens with zero attached hydrogens (tertiary/aromatic N) is 2. The average molecular weight is 200 g/mol. The standard InChI is InChI=1S/C8H10ClN3O/c9-6-1-2-7(12-11-6)10-8(5-13)3-4-8/h1-2,13H,3-5H2,(H,10,12). The Morgan fingerprint density at radius 2 is 2.23 bits per heavy atom. The molecule has 0 amide bonds. The molecule has 1 aromatic rings. The fourth-order valence-electron chi connectivity index (χ4n) is 1.13. The molecule has 2 rings (SSSR count). The van der Waals surface area contributed by atoms with Crippen LogP contribution in [0.5, 0.6) is 0 Å². The molecule has 4 nitrogen and oxygen atoms in total. The number of aliphatic hydroxyl groups is 1. The Labute approximate surface area is 80.9 Å². The van der Waals surface area contributed by atoms with Gasteiger partial charge in [-0.25, -0.2) is 0 Å². The zero-order chi connectivity index (χ0) is 9.31. The third kappa shape index (κ3) is 1.89. The van der Waals surface area contributed by atoms with Crippen LogP contribution in [0.4, 0.5) is 5.82 Å². The van der Waals surface area contributed by atoms with Crippen molar-refractivity contribution >= 4 is 17.4 Å². The average Bonchev–Trinajstić information content (AvgIpc) is 2.90. The van der Waals surface area contributed by atoms with Crippen molar-refractivity contribution in [3.8, 4) is 0 Å². The van der Waals surface area contributed by atoms with Gasteiger partial charge in [0.1, 0.15) is 5.82 Å². The van der Waals surface area contributed by atoms with E-state index in [0.717, 1.165) is 12.8 Å². The first-order valence-corrected chi connectivity index (χ1v) is 4.50. The summed E-state index contributed by atoms with van der Waals surface area (Å²) in [5.41, 5.74) is -0.150. The van der Waals surface area contributed by atoms with Crippen LogP contribution < -0.4 is 5.32 Å². The predicted octanol–water partition coefficient (Wildman–Crippen LogP) is 1.07. The highest BCUT2D eigenvalue weighted by Crippen LogP contribution is 2.37. The van der Waals surface area contributed by atoms with E-state index < -0.39 is 0 Å². The lowest BCUT2D eigenvalue weighted by atomic mass is 10.3. The lowest BCUT2D eigenvalue weighted by molar-refractivity contribution is 0.266. The topological polar surface area (TPSA) is 58.0 Å². The van der Waals surface area contributed by atoms with Crippen LogP contribution in [0.15, 0.2) is 12.1 Å². The summed E-state index contributed by atoms with van der Waals surface area (Å²) in [4.78, 5) is 0. The van der Waals surface area contributed by atoms with Crippen LogP contribution in [0, 0.1) is 0 Å². The third-order valence-corrected chi connectivity index (χ3v) is 2.38. The monoisotopic (exact) mass is 199 g/mol. The molecule has 1 aromatic heterocycles. The van der Waals surface area contributed by atoms with E-state index in [2.05, 4.69) is 15.5 Å². The largest absolute Gasteiger partial charge is 0.394 e. The Kier molecular flexibility index (Phi) is 2.09. The summed E-state index contributed by atoms with van der Waals surface area (Å²) >= 11 is 5.58. The van der Waals surface area contributed by atoms with Crippen molar-refractivity contribution in [3.63, 3.8) is 0 Å². The van der Waals surface area contributed by atoms with Gasteiger partial charge in [0.15, 0.2) is 5.15 Å². The van der Waals surface area contributed by atoms with Crippen LogP contribution in [0.1, 0.15) is 12.8 Å². The van der Waals surface area contributed by atoms with E-state index in [0.29, 0.717) is 11.0 Å². The highest BCUT2D eigenvalue weighted by Gasteiger charge is 2.42. The Bertz CT molecular complexity index is 297. The maximum atomic E-state index is 9.04. The molecular weight excluding hydrogens is 190 g/mol. The minimum Gasteiger partial charge on any atom is -0.394 e. The lowest BCUT2D eigenvalue weighted by Gasteiger charge is -2.13. The Balaban J connectivity index is 2.06. The summed E-state index contributed by atoms with van der Waals surface area (Å²) in [6.45, 7) is 0.136. The van der Waals surface area contributed by atoms with Crippen molar-refractivity contribution in [2.24, 2.45) is 0 Å². The van der Waals surface area contributed by atoms with Gasteiger partial charge in [-0.15, -0.1) is 10.2 Å². The lowest BCUT2D eigenvalue weighted by Crippen LogP contribution is -2.26. The second kappa shape index (κ2) is 3.12. The van der Waals surface area contributed by atoms with Gasteiger partial charge in [0.05, 0.1) is 12.1 Å². The number of nitrogens with one attached hydrogen (secondary N) is 1. The molecule has 0 atom stereocenters. The smallest absolute Gasteiger partial charge is 0.151 e. The van der Waals surface area contributed by atoms with Crippen molar-refractivity contribution in [1.29, 1.82) is 0 Å². The zero-order valence-corrected chi connectivity index (χ0v) is 7.75. The van der Waals surface area contributed by atoms with Gasteiger partial charge in [-0.2, -0.15) is 0 Å². The zero-order valence-electron chi connectivity index (χ0n) is 7.00. The number of rotatable bonds is 3. The van der Waals surface area contributed by atoms with Crippen molar-refractivity contribution in [2.45, 2.75) is 18.4 Å². The first-order chi connectivity index (χ1) is 6.24. The number of hydrogen-bond acceptors (Lipinski definition) is 4. The SMILES string of the molecule is OCC1(Nc2ccc(Cl)nn2)CC1. The molecule has 2 N–H and O–H groups in total. The summed E-state index contributed by atoms with van der Waals surface area (Å²) in [6.07, 6.45) is 1.96. The van der Waals surface area contributed by atoms with E-state index in [-0.39, 0.29) is 12.1 Å². The highest BCUT2D eigenvalue weighted by molar-refractivity contribution is 6.29. The summed E-state index contributed by atoms with van der Waals surface area (Å²) in [5.74, 6) is 0.663. The molecule has 1 saturated carbocycles. The van der Waals surface area contributed by atoms with Gasteiger partial charge >= 0.3 is 0 Å². The van der Waals surface area contributed by atoms with Crippen molar-refractivity contribution in [3.05, 3.63) is 17.3 Å². The summed E-state index contributed by atoms with van der Waals surface area (Å²) in [5, 5.41) is 20.1. The van der Waals surface area contributed by atoms with Gasteiger partial charge in [0, 0.05) is 0 Å². The molecular formula is C8H10ClN3O. The Hall–Kier alpha value is -0.870. The van der Waals surface area contributed by atoms with Crippen molar-refractivity contribution in [1.82, 2.24) is 10.2 Å². The van der Waals surface area contributed by atoms with Gasteiger partial charge in [-0.1, -0.05) is 11.6 Å². The van der Waals surface area contributed by atoms with Gasteiger partial charge in [0.25, 0.3) is 0 Å². The molecule has 70 valence electrons. The van der Waals surface area contributed by atoms with Gasteiger partial charge in [-0.3, -0.25) is 0 Å². The molecule has 5 heteroatoms. The first kappa shape index (κ1) is 8.72. The van der Waals surface area contributed by atoms with E-state index in [1.54, 1.807) is 12.1 Å². The normalized spacial score (nSPS) is 18.3. The van der Waals surface area contributed by atoms with Crippen LogP contribution in [0.25, 0.3) is 0 Å². The molecule has 0 aliphatic heterocycles. The molecule has 0 radical (unpaired) electrons. The van der Waals surface area contributed by atoms with Crippen LogP contribution in [0.2, 0.25) is 5.15 Å². The fourth-order valence-corrected chi connectivity index (χ4v) is 1.23. The summed E-state index contributed by atoms with van der Waals surface area (Å²) in [7, 11) is 0. The minimum absolute atomic E-state index is 0.136. The molecule has 0 spiro atoms. The molecule has 1 fully saturated rings. The van der Waals surface area contributed by atoms with Gasteiger partial charge in [0.2, 0.25) is 0 Å². The van der Waals surface area contributed by atoms with Crippen LogP contribution in [0.3, 0.4) is 0 Å². The number of anilines is 1. The second-order valence-electron chi connectivity index (χ2n) is 3.30. The maximum absolute atomic E-state index is 9.04. The maximum Gasteiger partial charge on any atom is 0.151 e. The van der Waals surface area contributed by atoms with Gasteiger partial charge < -0.3 is 10.4 Å². The van der Waals surface area contributed by atoms with E-state index in [1.165, 1.54) is 0 Å². The molecule has 0 saturated heterocycles. The number of aliphatic hydroxyl groups excluding tert-OH is 1. The van der Waals surface area contributed by atoms with Crippen molar-refractivity contribution in [2.75, 3.05) is 11.9 Å². The summed E-state index contributed by atoms with van der Waals surface area (Å²) < 4.78 is 0. The van der Waals surface area contributed by atoms with E-state index >= 15 is 0 Å². The fraction of sp³-hybridized carbons (Fsp3) is 0.500. The van der Waals surface area contributed by atoms with Crippen LogP contribution in [-0.4, -0.2) is 27.4 Å².